The molecule has 0 aliphatic rings. The maximum Gasteiger partial charge on any atom is 0.422 e. The quantitative estimate of drug-likeness (QED) is 0.742. The predicted molar refractivity (Wildman–Crippen MR) is 103 cm³/mol. The zero-order chi connectivity index (χ0) is 21.8. The third-order valence-electron chi connectivity index (χ3n) is 4.27. The Hall–Kier alpha value is -2.77. The van der Waals surface area contributed by atoms with E-state index in [1.807, 2.05) is 12.1 Å². The first-order valence-corrected chi connectivity index (χ1v) is 9.05. The van der Waals surface area contributed by atoms with E-state index in [-0.39, 0.29) is 17.1 Å². The summed E-state index contributed by atoms with van der Waals surface area (Å²) in [5.41, 5.74) is 1.82. The number of hydrogen-bond acceptors (Lipinski definition) is 4. The van der Waals surface area contributed by atoms with Crippen LogP contribution in [-0.2, 0) is 5.41 Å². The van der Waals surface area contributed by atoms with Crippen molar-refractivity contribution in [3.63, 3.8) is 0 Å². The van der Waals surface area contributed by atoms with Crippen LogP contribution in [0.5, 0.6) is 11.5 Å². The highest BCUT2D eigenvalue weighted by atomic mass is 19.4. The molecule has 0 fully saturated rings. The molecule has 2 aromatic rings. The van der Waals surface area contributed by atoms with Gasteiger partial charge < -0.3 is 14.8 Å². The van der Waals surface area contributed by atoms with Gasteiger partial charge in [-0.2, -0.15) is 13.2 Å². The molecule has 0 bridgehead atoms. The highest BCUT2D eigenvalue weighted by molar-refractivity contribution is 5.97. The Morgan fingerprint density at radius 2 is 1.86 bits per heavy atom. The van der Waals surface area contributed by atoms with Crippen molar-refractivity contribution >= 4 is 5.91 Å². The van der Waals surface area contributed by atoms with E-state index in [0.29, 0.717) is 17.0 Å². The Balaban J connectivity index is 2.08. The van der Waals surface area contributed by atoms with E-state index >= 15 is 0 Å². The van der Waals surface area contributed by atoms with Crippen LogP contribution in [0.1, 0.15) is 55.4 Å². The summed E-state index contributed by atoms with van der Waals surface area (Å²) in [6.07, 6.45) is -3.22. The lowest BCUT2D eigenvalue weighted by Gasteiger charge is -2.21. The van der Waals surface area contributed by atoms with Crippen LogP contribution in [0.3, 0.4) is 0 Å². The van der Waals surface area contributed by atoms with Gasteiger partial charge in [-0.3, -0.25) is 9.78 Å². The summed E-state index contributed by atoms with van der Waals surface area (Å²) in [6.45, 7) is 6.54. The number of ether oxygens (including phenoxy) is 2. The number of methoxy groups -OCH3 is 1. The smallest absolute Gasteiger partial charge is 0.422 e. The first-order chi connectivity index (χ1) is 13.4. The molecule has 1 N–H and O–H groups in total. The molecule has 1 atom stereocenters. The number of amides is 1. The van der Waals surface area contributed by atoms with E-state index in [4.69, 9.17) is 4.74 Å². The van der Waals surface area contributed by atoms with E-state index in [1.54, 1.807) is 13.0 Å². The Kier molecular flexibility index (Phi) is 6.77. The summed E-state index contributed by atoms with van der Waals surface area (Å²) in [4.78, 5) is 16.8. The monoisotopic (exact) mass is 410 g/mol. The first kappa shape index (κ1) is 22.5. The maximum absolute atomic E-state index is 12.7. The largest absolute Gasteiger partial charge is 0.496 e. The summed E-state index contributed by atoms with van der Waals surface area (Å²) >= 11 is 0. The second-order valence-corrected chi connectivity index (χ2v) is 7.68. The molecule has 5 nitrogen and oxygen atoms in total. The Labute approximate surface area is 168 Å². The predicted octanol–water partition coefficient (Wildman–Crippen LogP) is 4.82. The molecular weight excluding hydrogens is 385 g/mol. The van der Waals surface area contributed by atoms with Gasteiger partial charge in [-0.25, -0.2) is 0 Å². The number of nitrogens with zero attached hydrogens (tertiary/aromatic N) is 1. The lowest BCUT2D eigenvalue weighted by molar-refractivity contribution is -0.153. The van der Waals surface area contributed by atoms with Crippen molar-refractivity contribution in [2.75, 3.05) is 13.7 Å². The van der Waals surface area contributed by atoms with Crippen molar-refractivity contribution in [3.8, 4) is 11.5 Å². The van der Waals surface area contributed by atoms with Gasteiger partial charge in [0.25, 0.3) is 5.91 Å². The van der Waals surface area contributed by atoms with Gasteiger partial charge in [-0.1, -0.05) is 26.8 Å². The van der Waals surface area contributed by atoms with E-state index in [1.165, 1.54) is 25.4 Å². The molecule has 1 amide bonds. The molecule has 0 aliphatic heterocycles. The fourth-order valence-corrected chi connectivity index (χ4v) is 2.59. The molecule has 29 heavy (non-hydrogen) atoms. The van der Waals surface area contributed by atoms with Gasteiger partial charge >= 0.3 is 6.18 Å². The lowest BCUT2D eigenvalue weighted by atomic mass is 9.86. The molecule has 0 saturated heterocycles. The topological polar surface area (TPSA) is 60.5 Å². The highest BCUT2D eigenvalue weighted by Crippen LogP contribution is 2.29. The SMILES string of the molecule is COc1cc(C(C)(C)C)ccc1C(=O)NC(C)c1ccc(OCC(F)(F)F)cn1. The van der Waals surface area contributed by atoms with Crippen molar-refractivity contribution in [1.29, 1.82) is 0 Å². The van der Waals surface area contributed by atoms with Gasteiger partial charge in [-0.05, 0) is 42.2 Å². The third kappa shape index (κ3) is 6.37. The molecule has 1 unspecified atom stereocenters. The van der Waals surface area contributed by atoms with Crippen molar-refractivity contribution in [2.45, 2.75) is 45.3 Å². The molecule has 2 rings (SSSR count). The van der Waals surface area contributed by atoms with Crippen LogP contribution in [0.15, 0.2) is 36.5 Å². The molecule has 1 aromatic heterocycles. The number of pyridine rings is 1. The van der Waals surface area contributed by atoms with E-state index in [9.17, 15) is 18.0 Å². The summed E-state index contributed by atoms with van der Waals surface area (Å²) in [5.74, 6) is 0.129. The second kappa shape index (κ2) is 8.71. The molecular formula is C21H25F3N2O3. The van der Waals surface area contributed by atoms with Crippen LogP contribution in [0.25, 0.3) is 0 Å². The van der Waals surface area contributed by atoms with Gasteiger partial charge in [-0.15, -0.1) is 0 Å². The van der Waals surface area contributed by atoms with E-state index < -0.39 is 18.8 Å². The average Bonchev–Trinajstić information content (AvgIpc) is 2.64. The number of alkyl halides is 3. The van der Waals surface area contributed by atoms with Gasteiger partial charge in [0.2, 0.25) is 0 Å². The maximum atomic E-state index is 12.7. The molecule has 0 aliphatic carbocycles. The van der Waals surface area contributed by atoms with Crippen molar-refractivity contribution in [1.82, 2.24) is 10.3 Å². The summed E-state index contributed by atoms with van der Waals surface area (Å²) < 4.78 is 46.6. The van der Waals surface area contributed by atoms with Crippen LogP contribution in [0.4, 0.5) is 13.2 Å². The van der Waals surface area contributed by atoms with Gasteiger partial charge in [0, 0.05) is 0 Å². The molecule has 0 radical (unpaired) electrons. The van der Waals surface area contributed by atoms with Gasteiger partial charge in [0.05, 0.1) is 30.6 Å². The number of rotatable bonds is 6. The fourth-order valence-electron chi connectivity index (χ4n) is 2.59. The molecule has 1 aromatic carbocycles. The summed E-state index contributed by atoms with van der Waals surface area (Å²) in [6, 6.07) is 7.86. The number of aromatic nitrogens is 1. The minimum absolute atomic E-state index is 0.00374. The number of carbonyl (C=O) groups is 1. The minimum Gasteiger partial charge on any atom is -0.496 e. The molecule has 0 spiro atoms. The minimum atomic E-state index is -4.42. The normalized spacial score (nSPS) is 13.0. The van der Waals surface area contributed by atoms with Crippen molar-refractivity contribution in [2.24, 2.45) is 0 Å². The molecule has 0 saturated carbocycles. The van der Waals surface area contributed by atoms with Gasteiger partial charge in [0.15, 0.2) is 6.61 Å². The van der Waals surface area contributed by atoms with Crippen LogP contribution in [0, 0.1) is 0 Å². The number of carbonyl (C=O) groups excluding carboxylic acids is 1. The van der Waals surface area contributed by atoms with Crippen LogP contribution in [0.2, 0.25) is 0 Å². The number of hydrogen-bond donors (Lipinski definition) is 1. The first-order valence-electron chi connectivity index (χ1n) is 9.05. The standard InChI is InChI=1S/C21H25F3N2O3/c1-13(17-9-7-15(11-25-17)29-12-21(22,23)24)26-19(27)16-8-6-14(20(2,3)4)10-18(16)28-5/h6-11,13H,12H2,1-5H3,(H,26,27). The fraction of sp³-hybridized carbons (Fsp3) is 0.429. The lowest BCUT2D eigenvalue weighted by Crippen LogP contribution is -2.28. The second-order valence-electron chi connectivity index (χ2n) is 7.68. The Morgan fingerprint density at radius 3 is 2.38 bits per heavy atom. The summed E-state index contributed by atoms with van der Waals surface area (Å²) in [5, 5.41) is 2.82. The van der Waals surface area contributed by atoms with Crippen LogP contribution in [-0.4, -0.2) is 30.8 Å². The third-order valence-corrected chi connectivity index (χ3v) is 4.27. The number of nitrogens with one attached hydrogen (secondary N) is 1. The Morgan fingerprint density at radius 1 is 1.17 bits per heavy atom. The highest BCUT2D eigenvalue weighted by Gasteiger charge is 2.28. The number of halogens is 3. The van der Waals surface area contributed by atoms with Crippen molar-refractivity contribution < 1.29 is 27.4 Å². The van der Waals surface area contributed by atoms with E-state index in [0.717, 1.165) is 5.56 Å². The molecule has 1 heterocycles. The number of benzene rings is 1. The zero-order valence-electron chi connectivity index (χ0n) is 17.1. The summed E-state index contributed by atoms with van der Waals surface area (Å²) in [7, 11) is 1.50. The molecule has 8 heteroatoms. The van der Waals surface area contributed by atoms with E-state index in [2.05, 4.69) is 35.8 Å². The van der Waals surface area contributed by atoms with Gasteiger partial charge in [0.1, 0.15) is 11.5 Å². The van der Waals surface area contributed by atoms with Crippen LogP contribution >= 0.6 is 0 Å². The van der Waals surface area contributed by atoms with Crippen LogP contribution < -0.4 is 14.8 Å². The average molecular weight is 410 g/mol. The zero-order valence-corrected chi connectivity index (χ0v) is 17.1. The molecule has 158 valence electrons. The Bertz CT molecular complexity index is 844. The van der Waals surface area contributed by atoms with Crippen molar-refractivity contribution in [3.05, 3.63) is 53.3 Å².